The molecule has 3 nitrogen and oxygen atoms in total. The third-order valence-corrected chi connectivity index (χ3v) is 3.14. The summed E-state index contributed by atoms with van der Waals surface area (Å²) in [6.07, 6.45) is 0. The van der Waals surface area contributed by atoms with E-state index >= 15 is 0 Å². The SMILES string of the molecule is N#Cc1c(N=C(N)CCl)ccc(Br)c1Cl. The molecule has 0 aliphatic rings. The van der Waals surface area contributed by atoms with Crippen LogP contribution in [-0.4, -0.2) is 11.7 Å². The van der Waals surface area contributed by atoms with Gasteiger partial charge >= 0.3 is 0 Å². The minimum atomic E-state index is 0.110. The standard InChI is InChI=1S/C9H6BrCl2N3/c10-6-1-2-7(15-8(14)3-11)5(4-13)9(6)12/h1-2H,3H2,(H2,14,15). The number of rotatable bonds is 2. The van der Waals surface area contributed by atoms with E-state index in [1.165, 1.54) is 0 Å². The Balaban J connectivity index is 3.33. The Bertz CT molecular complexity index is 451. The predicted molar refractivity (Wildman–Crippen MR) is 65.9 cm³/mol. The quantitative estimate of drug-likeness (QED) is 0.518. The van der Waals surface area contributed by atoms with E-state index in [0.29, 0.717) is 15.2 Å². The molecule has 0 spiro atoms. The maximum Gasteiger partial charge on any atom is 0.115 e. The molecule has 0 heterocycles. The predicted octanol–water partition coefficient (Wildman–Crippen LogP) is 3.20. The number of benzene rings is 1. The third kappa shape index (κ3) is 2.85. The van der Waals surface area contributed by atoms with E-state index in [4.69, 9.17) is 34.2 Å². The maximum absolute atomic E-state index is 8.91. The van der Waals surface area contributed by atoms with Crippen molar-refractivity contribution >= 4 is 50.7 Å². The van der Waals surface area contributed by atoms with Gasteiger partial charge in [0.15, 0.2) is 0 Å². The Morgan fingerprint density at radius 3 is 2.80 bits per heavy atom. The van der Waals surface area contributed by atoms with Gasteiger partial charge in [0.2, 0.25) is 0 Å². The number of hydrogen-bond donors (Lipinski definition) is 1. The second-order valence-corrected chi connectivity index (χ2v) is 4.10. The van der Waals surface area contributed by atoms with E-state index in [9.17, 15) is 0 Å². The first kappa shape index (κ1) is 12.3. The summed E-state index contributed by atoms with van der Waals surface area (Å²) in [4.78, 5) is 3.98. The van der Waals surface area contributed by atoms with Crippen molar-refractivity contribution in [1.29, 1.82) is 5.26 Å². The molecule has 0 bridgehead atoms. The zero-order chi connectivity index (χ0) is 11.4. The molecule has 0 saturated carbocycles. The highest BCUT2D eigenvalue weighted by molar-refractivity contribution is 9.10. The lowest BCUT2D eigenvalue weighted by molar-refractivity contribution is 1.40. The van der Waals surface area contributed by atoms with Crippen LogP contribution in [0.15, 0.2) is 21.6 Å². The zero-order valence-electron chi connectivity index (χ0n) is 7.47. The topological polar surface area (TPSA) is 62.2 Å². The van der Waals surface area contributed by atoms with Crippen LogP contribution in [0.3, 0.4) is 0 Å². The van der Waals surface area contributed by atoms with Crippen molar-refractivity contribution in [1.82, 2.24) is 0 Å². The van der Waals surface area contributed by atoms with Crippen LogP contribution >= 0.6 is 39.1 Å². The number of aliphatic imine (C=N–C) groups is 1. The molecule has 78 valence electrons. The van der Waals surface area contributed by atoms with E-state index in [2.05, 4.69) is 20.9 Å². The number of nitriles is 1. The number of nitrogens with two attached hydrogens (primary N) is 1. The lowest BCUT2D eigenvalue weighted by atomic mass is 10.2. The molecule has 6 heteroatoms. The molecule has 1 aromatic carbocycles. The van der Waals surface area contributed by atoms with Gasteiger partial charge in [-0.05, 0) is 28.1 Å². The number of hydrogen-bond acceptors (Lipinski definition) is 2. The van der Waals surface area contributed by atoms with Crippen molar-refractivity contribution in [3.8, 4) is 6.07 Å². The van der Waals surface area contributed by atoms with Gasteiger partial charge < -0.3 is 5.73 Å². The number of alkyl halides is 1. The molecular formula is C9H6BrCl2N3. The first-order valence-corrected chi connectivity index (χ1v) is 5.57. The van der Waals surface area contributed by atoms with E-state index in [1.807, 2.05) is 6.07 Å². The van der Waals surface area contributed by atoms with Crippen LogP contribution in [0.25, 0.3) is 0 Å². The first-order chi connectivity index (χ1) is 7.10. The van der Waals surface area contributed by atoms with Crippen LogP contribution < -0.4 is 5.73 Å². The molecule has 0 aliphatic carbocycles. The Labute approximate surface area is 106 Å². The largest absolute Gasteiger partial charge is 0.386 e. The molecule has 0 amide bonds. The average molecular weight is 307 g/mol. The monoisotopic (exact) mass is 305 g/mol. The fraction of sp³-hybridized carbons (Fsp3) is 0.111. The fourth-order valence-corrected chi connectivity index (χ4v) is 1.52. The van der Waals surface area contributed by atoms with Gasteiger partial charge in [0.25, 0.3) is 0 Å². The molecule has 0 radical (unpaired) electrons. The van der Waals surface area contributed by atoms with Gasteiger partial charge in [-0.15, -0.1) is 11.6 Å². The lowest BCUT2D eigenvalue weighted by Gasteiger charge is -2.03. The number of amidine groups is 1. The summed E-state index contributed by atoms with van der Waals surface area (Å²) in [7, 11) is 0. The van der Waals surface area contributed by atoms with Gasteiger partial charge in [0, 0.05) is 4.47 Å². The normalized spacial score (nSPS) is 11.2. The van der Waals surface area contributed by atoms with Gasteiger partial charge in [-0.25, -0.2) is 4.99 Å². The van der Waals surface area contributed by atoms with Crippen molar-refractivity contribution < 1.29 is 0 Å². The highest BCUT2D eigenvalue weighted by Crippen LogP contribution is 2.32. The molecule has 1 aromatic rings. The van der Waals surface area contributed by atoms with Crippen molar-refractivity contribution in [2.24, 2.45) is 10.7 Å². The number of halogens is 3. The second-order valence-electron chi connectivity index (χ2n) is 2.60. The second kappa shape index (κ2) is 5.36. The highest BCUT2D eigenvalue weighted by Gasteiger charge is 2.09. The maximum atomic E-state index is 8.91. The van der Waals surface area contributed by atoms with Crippen LogP contribution in [0.5, 0.6) is 0 Å². The Kier molecular flexibility index (Phi) is 4.40. The molecule has 15 heavy (non-hydrogen) atoms. The van der Waals surface area contributed by atoms with Crippen molar-refractivity contribution in [3.63, 3.8) is 0 Å². The van der Waals surface area contributed by atoms with E-state index in [1.54, 1.807) is 12.1 Å². The van der Waals surface area contributed by atoms with Crippen LogP contribution in [-0.2, 0) is 0 Å². The number of nitrogens with zero attached hydrogens (tertiary/aromatic N) is 2. The Hall–Kier alpha value is -0.760. The molecule has 0 aliphatic heterocycles. The summed E-state index contributed by atoms with van der Waals surface area (Å²) in [6.45, 7) is 0. The van der Waals surface area contributed by atoms with Gasteiger partial charge in [-0.1, -0.05) is 11.6 Å². The summed E-state index contributed by atoms with van der Waals surface area (Å²) in [5.41, 5.74) is 6.17. The molecule has 0 atom stereocenters. The Morgan fingerprint density at radius 2 is 2.27 bits per heavy atom. The van der Waals surface area contributed by atoms with Crippen LogP contribution in [0.4, 0.5) is 5.69 Å². The Morgan fingerprint density at radius 1 is 1.60 bits per heavy atom. The summed E-state index contributed by atoms with van der Waals surface area (Å²) >= 11 is 14.6. The molecule has 0 aromatic heterocycles. The van der Waals surface area contributed by atoms with Crippen molar-refractivity contribution in [3.05, 3.63) is 27.2 Å². The highest BCUT2D eigenvalue weighted by atomic mass is 79.9. The van der Waals surface area contributed by atoms with Crippen molar-refractivity contribution in [2.45, 2.75) is 0 Å². The van der Waals surface area contributed by atoms with E-state index in [-0.39, 0.29) is 17.3 Å². The molecule has 0 saturated heterocycles. The third-order valence-electron chi connectivity index (χ3n) is 1.59. The summed E-state index contributed by atoms with van der Waals surface area (Å²) in [5.74, 6) is 0.352. The van der Waals surface area contributed by atoms with Gasteiger partial charge in [0.1, 0.15) is 11.9 Å². The summed E-state index contributed by atoms with van der Waals surface area (Å²) in [5, 5.41) is 9.23. The summed E-state index contributed by atoms with van der Waals surface area (Å²) < 4.78 is 0.643. The van der Waals surface area contributed by atoms with E-state index < -0.39 is 0 Å². The molecule has 1 rings (SSSR count). The molecule has 2 N–H and O–H groups in total. The van der Waals surface area contributed by atoms with Crippen molar-refractivity contribution in [2.75, 3.05) is 5.88 Å². The van der Waals surface area contributed by atoms with Gasteiger partial charge in [-0.2, -0.15) is 5.26 Å². The minimum Gasteiger partial charge on any atom is -0.386 e. The van der Waals surface area contributed by atoms with Crippen LogP contribution in [0.1, 0.15) is 5.56 Å². The lowest BCUT2D eigenvalue weighted by Crippen LogP contribution is -2.12. The molecule has 0 fully saturated rings. The smallest absolute Gasteiger partial charge is 0.115 e. The van der Waals surface area contributed by atoms with Gasteiger partial charge in [0.05, 0.1) is 22.2 Å². The minimum absolute atomic E-state index is 0.110. The molecule has 0 unspecified atom stereocenters. The van der Waals surface area contributed by atoms with E-state index in [0.717, 1.165) is 0 Å². The fourth-order valence-electron chi connectivity index (χ4n) is 0.925. The molecular weight excluding hydrogens is 301 g/mol. The zero-order valence-corrected chi connectivity index (χ0v) is 10.6. The summed E-state index contributed by atoms with van der Waals surface area (Å²) in [6, 6.07) is 5.31. The van der Waals surface area contributed by atoms with Crippen LogP contribution in [0.2, 0.25) is 5.02 Å². The first-order valence-electron chi connectivity index (χ1n) is 3.87. The van der Waals surface area contributed by atoms with Gasteiger partial charge in [-0.3, -0.25) is 0 Å². The van der Waals surface area contributed by atoms with Crippen LogP contribution in [0, 0.1) is 11.3 Å². The average Bonchev–Trinajstić information content (AvgIpc) is 2.24.